The van der Waals surface area contributed by atoms with Gasteiger partial charge in [0.1, 0.15) is 11.8 Å². The van der Waals surface area contributed by atoms with Crippen molar-refractivity contribution in [3.05, 3.63) is 95.2 Å². The number of hydrogen-bond donors (Lipinski definition) is 2. The number of carbonyl (C=O) groups is 3. The number of ether oxygens (including phenoxy) is 1. The first-order valence-electron chi connectivity index (χ1n) is 12.9. The van der Waals surface area contributed by atoms with E-state index in [0.717, 1.165) is 27.8 Å². The molecule has 3 aromatic carbocycles. The summed E-state index contributed by atoms with van der Waals surface area (Å²) in [5.41, 5.74) is 5.02. The normalized spacial score (nSPS) is 15.9. The van der Waals surface area contributed by atoms with Gasteiger partial charge in [-0.1, -0.05) is 65.8 Å². The smallest absolute Gasteiger partial charge is 0.412 e. The molecule has 6 rings (SSSR count). The number of amides is 1. The second-order valence-electron chi connectivity index (χ2n) is 10.1. The molecule has 39 heavy (non-hydrogen) atoms. The Morgan fingerprint density at radius 1 is 1.00 bits per heavy atom. The zero-order valence-corrected chi connectivity index (χ0v) is 21.3. The van der Waals surface area contributed by atoms with Gasteiger partial charge in [-0.05, 0) is 60.1 Å². The quantitative estimate of drug-likeness (QED) is 0.282. The third-order valence-corrected chi connectivity index (χ3v) is 7.71. The molecule has 196 valence electrons. The summed E-state index contributed by atoms with van der Waals surface area (Å²) in [7, 11) is 0. The first-order valence-corrected chi connectivity index (χ1v) is 12.9. The Balaban J connectivity index is 1.28. The van der Waals surface area contributed by atoms with Crippen molar-refractivity contribution in [2.75, 3.05) is 5.32 Å². The summed E-state index contributed by atoms with van der Waals surface area (Å²) in [6.45, 7) is 1.78. The summed E-state index contributed by atoms with van der Waals surface area (Å²) in [4.78, 5) is 37.4. The number of Topliss-reactive ketones (excluding diaryl/α,β-unsaturated/α-hetero) is 1. The van der Waals surface area contributed by atoms with Gasteiger partial charge < -0.3 is 14.4 Å². The van der Waals surface area contributed by atoms with Crippen molar-refractivity contribution in [3.63, 3.8) is 0 Å². The van der Waals surface area contributed by atoms with Gasteiger partial charge in [0.25, 0.3) is 0 Å². The predicted molar refractivity (Wildman–Crippen MR) is 144 cm³/mol. The maximum atomic E-state index is 13.0. The molecule has 1 unspecified atom stereocenters. The zero-order valence-electron chi connectivity index (χ0n) is 21.3. The number of hydrogen-bond acceptors (Lipinski definition) is 6. The predicted octanol–water partition coefficient (Wildman–Crippen LogP) is 6.56. The molecule has 8 nitrogen and oxygen atoms in total. The Kier molecular flexibility index (Phi) is 6.02. The van der Waals surface area contributed by atoms with E-state index in [1.807, 2.05) is 60.7 Å². The van der Waals surface area contributed by atoms with Crippen LogP contribution in [0.25, 0.3) is 22.5 Å². The molecule has 1 fully saturated rings. The van der Waals surface area contributed by atoms with Gasteiger partial charge in [-0.25, -0.2) is 4.79 Å². The second-order valence-corrected chi connectivity index (χ2v) is 10.1. The summed E-state index contributed by atoms with van der Waals surface area (Å²) >= 11 is 0. The molecule has 0 bridgehead atoms. The number of anilines is 1. The number of ketones is 1. The van der Waals surface area contributed by atoms with Crippen LogP contribution in [0, 0.1) is 0 Å². The molecule has 0 radical (unpaired) electrons. The Morgan fingerprint density at radius 2 is 1.72 bits per heavy atom. The molecular formula is C31H26N2O6. The Hall–Kier alpha value is -4.72. The fourth-order valence-electron chi connectivity index (χ4n) is 5.38. The van der Waals surface area contributed by atoms with Crippen LogP contribution in [0.2, 0.25) is 0 Å². The molecule has 1 amide bonds. The second kappa shape index (κ2) is 9.54. The number of aliphatic carboxylic acids is 1. The molecule has 2 aliphatic carbocycles. The van der Waals surface area contributed by atoms with E-state index in [1.54, 1.807) is 13.0 Å². The fraction of sp³-hybridized carbons (Fsp3) is 0.226. The number of rotatable bonds is 7. The topological polar surface area (TPSA) is 119 Å². The third-order valence-electron chi connectivity index (χ3n) is 7.71. The maximum absolute atomic E-state index is 13.0. The van der Waals surface area contributed by atoms with Crippen LogP contribution in [0.5, 0.6) is 0 Å². The van der Waals surface area contributed by atoms with Gasteiger partial charge in [0.05, 0.1) is 11.6 Å². The third kappa shape index (κ3) is 4.37. The number of carboxylic acids is 1. The molecule has 8 heteroatoms. The molecule has 4 aromatic rings. The van der Waals surface area contributed by atoms with Crippen LogP contribution in [0.3, 0.4) is 0 Å². The minimum atomic E-state index is -0.791. The van der Waals surface area contributed by atoms with Crippen molar-refractivity contribution < 1.29 is 28.8 Å². The number of fused-ring (bicyclic) bond motifs is 1. The van der Waals surface area contributed by atoms with Crippen molar-refractivity contribution in [2.24, 2.45) is 0 Å². The largest absolute Gasteiger partial charge is 0.481 e. The highest BCUT2D eigenvalue weighted by atomic mass is 16.6. The Bertz CT molecular complexity index is 1590. The summed E-state index contributed by atoms with van der Waals surface area (Å²) in [6.07, 6.45) is 2.50. The highest BCUT2D eigenvalue weighted by Crippen LogP contribution is 2.49. The average molecular weight is 523 g/mol. The monoisotopic (exact) mass is 522 g/mol. The molecule has 2 aliphatic rings. The van der Waals surface area contributed by atoms with E-state index < -0.39 is 23.6 Å². The molecule has 2 N–H and O–H groups in total. The van der Waals surface area contributed by atoms with Crippen molar-refractivity contribution in [2.45, 2.75) is 44.1 Å². The molecule has 1 aromatic heterocycles. The number of carbonyl (C=O) groups excluding carboxylic acids is 2. The lowest BCUT2D eigenvalue weighted by molar-refractivity contribution is -0.140. The van der Waals surface area contributed by atoms with Crippen LogP contribution in [0.15, 0.2) is 77.4 Å². The van der Waals surface area contributed by atoms with Gasteiger partial charge in [0.15, 0.2) is 11.5 Å². The van der Waals surface area contributed by atoms with Gasteiger partial charge in [0.2, 0.25) is 0 Å². The summed E-state index contributed by atoms with van der Waals surface area (Å²) < 4.78 is 11.0. The van der Waals surface area contributed by atoms with Gasteiger partial charge in [0, 0.05) is 17.5 Å². The number of aromatic nitrogens is 1. The first-order chi connectivity index (χ1) is 18.9. The summed E-state index contributed by atoms with van der Waals surface area (Å²) in [5.74, 6) is -0.519. The molecule has 1 heterocycles. The summed E-state index contributed by atoms with van der Waals surface area (Å²) in [6, 6.07) is 20.7. The number of nitrogens with zero attached hydrogens (tertiary/aromatic N) is 1. The minimum Gasteiger partial charge on any atom is -0.481 e. The lowest BCUT2D eigenvalue weighted by Crippen LogP contribution is -2.19. The molecule has 0 spiro atoms. The highest BCUT2D eigenvalue weighted by molar-refractivity contribution is 6.09. The standard InChI is InChI=1S/C31H26N2O6/c1-18(19-5-3-2-4-6-19)38-30(37)33-25-17-32-39-28(25)24-12-11-22(23-13-14-26(34)27(23)24)20-7-9-21(10-8-20)31(15-16-31)29(35)36/h2-12,17-18H,13-16H2,1H3,(H,33,37)(H,35,36). The lowest BCUT2D eigenvalue weighted by Gasteiger charge is -2.15. The van der Waals surface area contributed by atoms with Crippen LogP contribution in [-0.4, -0.2) is 28.1 Å². The molecule has 0 saturated heterocycles. The van der Waals surface area contributed by atoms with Gasteiger partial charge >= 0.3 is 12.1 Å². The Morgan fingerprint density at radius 3 is 2.41 bits per heavy atom. The van der Waals surface area contributed by atoms with Crippen LogP contribution < -0.4 is 5.32 Å². The first kappa shape index (κ1) is 24.6. The fourth-order valence-corrected chi connectivity index (χ4v) is 5.38. The lowest BCUT2D eigenvalue weighted by atomic mass is 9.90. The van der Waals surface area contributed by atoms with Gasteiger partial charge in [-0.3, -0.25) is 14.9 Å². The zero-order chi connectivity index (χ0) is 27.1. The number of benzene rings is 3. The summed E-state index contributed by atoms with van der Waals surface area (Å²) in [5, 5.41) is 16.2. The Labute approximate surface area is 224 Å². The molecule has 1 atom stereocenters. The number of nitrogens with one attached hydrogen (secondary N) is 1. The molecular weight excluding hydrogens is 496 g/mol. The van der Waals surface area contributed by atoms with Crippen molar-refractivity contribution in [1.29, 1.82) is 0 Å². The van der Waals surface area contributed by atoms with E-state index in [1.165, 1.54) is 6.20 Å². The highest BCUT2D eigenvalue weighted by Gasteiger charge is 2.51. The van der Waals surface area contributed by atoms with E-state index in [-0.39, 0.29) is 11.5 Å². The van der Waals surface area contributed by atoms with Crippen molar-refractivity contribution in [3.8, 4) is 22.5 Å². The van der Waals surface area contributed by atoms with Crippen LogP contribution in [0.1, 0.15) is 59.3 Å². The molecule has 0 aliphatic heterocycles. The van der Waals surface area contributed by atoms with Crippen molar-refractivity contribution in [1.82, 2.24) is 5.16 Å². The van der Waals surface area contributed by atoms with E-state index in [9.17, 15) is 19.5 Å². The van der Waals surface area contributed by atoms with E-state index >= 15 is 0 Å². The molecule has 1 saturated carbocycles. The minimum absolute atomic E-state index is 0.0103. The number of carboxylic acid groups (broad SMARTS) is 1. The van der Waals surface area contributed by atoms with E-state index in [4.69, 9.17) is 9.26 Å². The van der Waals surface area contributed by atoms with Gasteiger partial charge in [-0.2, -0.15) is 0 Å². The average Bonchev–Trinajstić information content (AvgIpc) is 3.50. The van der Waals surface area contributed by atoms with E-state index in [0.29, 0.717) is 42.5 Å². The van der Waals surface area contributed by atoms with Crippen LogP contribution >= 0.6 is 0 Å². The van der Waals surface area contributed by atoms with E-state index in [2.05, 4.69) is 10.5 Å². The maximum Gasteiger partial charge on any atom is 0.412 e. The van der Waals surface area contributed by atoms with Crippen LogP contribution in [0.4, 0.5) is 10.5 Å². The van der Waals surface area contributed by atoms with Crippen molar-refractivity contribution >= 4 is 23.5 Å². The van der Waals surface area contributed by atoms with Crippen LogP contribution in [-0.2, 0) is 21.4 Å². The van der Waals surface area contributed by atoms with Gasteiger partial charge in [-0.15, -0.1) is 0 Å². The SMILES string of the molecule is CC(OC(=O)Nc1cnoc1-c1ccc(-c2ccc(C3(C(=O)O)CC3)cc2)c2c1C(=O)CC2)c1ccccc1.